The van der Waals surface area contributed by atoms with Crippen LogP contribution in [0.4, 0.5) is 30.7 Å². The molecule has 0 aliphatic heterocycles. The maximum absolute atomic E-state index is 15.0. The molecule has 0 spiro atoms. The molecule has 0 saturated heterocycles. The largest absolute Gasteiger partial charge is 0.432 e. The fraction of sp³-hybridized carbons (Fsp3) is 0.100. The summed E-state index contributed by atoms with van der Waals surface area (Å²) in [5.41, 5.74) is -0.221. The van der Waals surface area contributed by atoms with E-state index in [2.05, 4.69) is 16.3 Å². The van der Waals surface area contributed by atoms with Crippen LogP contribution in [0.15, 0.2) is 73.3 Å². The van der Waals surface area contributed by atoms with Gasteiger partial charge < -0.3 is 4.74 Å². The first-order chi connectivity index (χ1) is 19.5. The van der Waals surface area contributed by atoms with Crippen molar-refractivity contribution >= 4 is 33.2 Å². The van der Waals surface area contributed by atoms with Crippen LogP contribution in [-0.4, -0.2) is 4.98 Å². The van der Waals surface area contributed by atoms with Crippen LogP contribution in [0, 0.1) is 29.1 Å². The maximum atomic E-state index is 15.0. The molecule has 0 aliphatic carbocycles. The normalized spacial score (nSPS) is 11.7. The van der Waals surface area contributed by atoms with E-state index >= 15 is 8.78 Å². The highest BCUT2D eigenvalue weighted by atomic mass is 35.5. The second kappa shape index (κ2) is 11.2. The molecule has 0 radical (unpaired) electrons. The van der Waals surface area contributed by atoms with Crippen molar-refractivity contribution in [1.29, 1.82) is 0 Å². The first-order valence-corrected chi connectivity index (χ1v) is 13.2. The SMILES string of the molecule is C=CCCc1ccc2nc(-c3cc(F)c(C(F)(F)Oc4ccc(-c5cc(F)c(F)c(F)c5)c(Cl)c4)c(F)c3)sc2c1. The summed E-state index contributed by atoms with van der Waals surface area (Å²) < 4.78 is 106. The number of nitrogens with zero attached hydrogens (tertiary/aromatic N) is 1. The van der Waals surface area contributed by atoms with Gasteiger partial charge in [-0.25, -0.2) is 26.9 Å². The van der Waals surface area contributed by atoms with E-state index < -0.39 is 46.5 Å². The van der Waals surface area contributed by atoms with Gasteiger partial charge in [-0.2, -0.15) is 8.78 Å². The average Bonchev–Trinajstić information content (AvgIpc) is 3.33. The van der Waals surface area contributed by atoms with Crippen molar-refractivity contribution in [2.24, 2.45) is 0 Å². The van der Waals surface area contributed by atoms with Gasteiger partial charge in [-0.3, -0.25) is 0 Å². The molecule has 0 amide bonds. The number of hydrogen-bond donors (Lipinski definition) is 0. The van der Waals surface area contributed by atoms with Crippen LogP contribution < -0.4 is 4.74 Å². The monoisotopic (exact) mass is 607 g/mol. The van der Waals surface area contributed by atoms with Gasteiger partial charge in [0.05, 0.1) is 15.2 Å². The Balaban J connectivity index is 1.41. The Bertz CT molecular complexity index is 1760. The van der Waals surface area contributed by atoms with Crippen molar-refractivity contribution in [2.75, 3.05) is 0 Å². The highest BCUT2D eigenvalue weighted by Gasteiger charge is 2.41. The van der Waals surface area contributed by atoms with Gasteiger partial charge in [0.15, 0.2) is 17.5 Å². The van der Waals surface area contributed by atoms with Crippen LogP contribution in [0.25, 0.3) is 31.9 Å². The number of ether oxygens (including phenoxy) is 1. The molecule has 0 unspecified atom stereocenters. The Labute approximate surface area is 238 Å². The van der Waals surface area contributed by atoms with Gasteiger partial charge in [0, 0.05) is 11.1 Å². The molecule has 210 valence electrons. The van der Waals surface area contributed by atoms with Crippen LogP contribution in [0.3, 0.4) is 0 Å². The third kappa shape index (κ3) is 5.80. The van der Waals surface area contributed by atoms with Crippen LogP contribution in [-0.2, 0) is 12.5 Å². The summed E-state index contributed by atoms with van der Waals surface area (Å²) in [4.78, 5) is 4.37. The van der Waals surface area contributed by atoms with Crippen molar-refractivity contribution in [3.63, 3.8) is 0 Å². The van der Waals surface area contributed by atoms with E-state index in [1.165, 1.54) is 0 Å². The first-order valence-electron chi connectivity index (χ1n) is 12.0. The summed E-state index contributed by atoms with van der Waals surface area (Å²) in [6.07, 6.45) is -1.15. The molecule has 11 heteroatoms. The zero-order valence-corrected chi connectivity index (χ0v) is 22.3. The number of halogens is 8. The number of aromatic nitrogens is 1. The summed E-state index contributed by atoms with van der Waals surface area (Å²) in [5.74, 6) is -8.34. The molecule has 1 aromatic heterocycles. The molecule has 1 heterocycles. The molecule has 0 atom stereocenters. The molecule has 41 heavy (non-hydrogen) atoms. The molecule has 2 nitrogen and oxygen atoms in total. The lowest BCUT2D eigenvalue weighted by Crippen LogP contribution is -2.25. The summed E-state index contributed by atoms with van der Waals surface area (Å²) in [7, 11) is 0. The number of benzene rings is 4. The smallest absolute Gasteiger partial charge is 0.429 e. The molecule has 0 fully saturated rings. The highest BCUT2D eigenvalue weighted by molar-refractivity contribution is 7.21. The quantitative estimate of drug-likeness (QED) is 0.0995. The van der Waals surface area contributed by atoms with E-state index in [1.807, 2.05) is 12.1 Å². The predicted molar refractivity (Wildman–Crippen MR) is 145 cm³/mol. The lowest BCUT2D eigenvalue weighted by Gasteiger charge is -2.20. The van der Waals surface area contributed by atoms with E-state index in [0.717, 1.165) is 64.8 Å². The minimum atomic E-state index is -4.47. The van der Waals surface area contributed by atoms with Crippen LogP contribution in [0.2, 0.25) is 5.02 Å². The van der Waals surface area contributed by atoms with Crippen LogP contribution in [0.1, 0.15) is 17.5 Å². The first kappa shape index (κ1) is 28.6. The second-order valence-electron chi connectivity index (χ2n) is 8.98. The Morgan fingerprint density at radius 2 is 1.51 bits per heavy atom. The van der Waals surface area contributed by atoms with Crippen molar-refractivity contribution in [3.8, 4) is 27.4 Å². The molecule has 4 aromatic carbocycles. The third-order valence-electron chi connectivity index (χ3n) is 6.15. The number of fused-ring (bicyclic) bond motifs is 1. The van der Waals surface area contributed by atoms with Crippen LogP contribution >= 0.6 is 22.9 Å². The summed E-state index contributed by atoms with van der Waals surface area (Å²) >= 11 is 7.24. The minimum Gasteiger partial charge on any atom is -0.429 e. The predicted octanol–water partition coefficient (Wildman–Crippen LogP) is 10.2. The Hall–Kier alpha value is -3.89. The minimum absolute atomic E-state index is 0.0227. The lowest BCUT2D eigenvalue weighted by molar-refractivity contribution is -0.189. The molecule has 0 aliphatic rings. The molecule has 5 rings (SSSR count). The van der Waals surface area contributed by atoms with Crippen LogP contribution in [0.5, 0.6) is 5.75 Å². The maximum Gasteiger partial charge on any atom is 0.432 e. The highest BCUT2D eigenvalue weighted by Crippen LogP contribution is 2.40. The van der Waals surface area contributed by atoms with Gasteiger partial charge in [0.2, 0.25) is 0 Å². The number of hydrogen-bond acceptors (Lipinski definition) is 3. The van der Waals surface area contributed by atoms with E-state index in [1.54, 1.807) is 12.1 Å². The van der Waals surface area contributed by atoms with Gasteiger partial charge in [-0.05, 0) is 78.6 Å². The van der Waals surface area contributed by atoms with Gasteiger partial charge in [0.1, 0.15) is 28.0 Å². The molecule has 0 N–H and O–H groups in total. The summed E-state index contributed by atoms with van der Waals surface area (Å²) in [6, 6.07) is 11.3. The van der Waals surface area contributed by atoms with Crippen molar-refractivity contribution in [1.82, 2.24) is 4.98 Å². The van der Waals surface area contributed by atoms with Gasteiger partial charge >= 0.3 is 6.11 Å². The molecule has 5 aromatic rings. The van der Waals surface area contributed by atoms with E-state index in [4.69, 9.17) is 11.6 Å². The number of alkyl halides is 2. The molecular weight excluding hydrogens is 591 g/mol. The van der Waals surface area contributed by atoms with Crippen molar-refractivity contribution < 1.29 is 35.5 Å². The molecule has 0 bridgehead atoms. The lowest BCUT2D eigenvalue weighted by atomic mass is 10.0. The zero-order valence-electron chi connectivity index (χ0n) is 20.8. The Kier molecular flexibility index (Phi) is 7.80. The van der Waals surface area contributed by atoms with Gasteiger partial charge in [0.25, 0.3) is 0 Å². The Morgan fingerprint density at radius 1 is 0.854 bits per heavy atom. The van der Waals surface area contributed by atoms with E-state index in [-0.39, 0.29) is 26.7 Å². The average molecular weight is 608 g/mol. The number of thiazole rings is 1. The standard InChI is InChI=1S/C30H17ClF7NOS/c1-2-3-4-15-5-8-25-26(9-15)41-29(39-25)17-12-21(32)27(22(33)13-17)30(37,38)40-18-6-7-19(20(31)14-18)16-10-23(34)28(36)24(35)11-16/h2,5-14H,1,3-4H2. The third-order valence-corrected chi connectivity index (χ3v) is 7.53. The molecule has 0 saturated carbocycles. The topological polar surface area (TPSA) is 22.1 Å². The number of rotatable bonds is 8. The number of allylic oxidation sites excluding steroid dienone is 1. The van der Waals surface area contributed by atoms with Gasteiger partial charge in [-0.15, -0.1) is 17.9 Å². The fourth-order valence-electron chi connectivity index (χ4n) is 4.19. The Morgan fingerprint density at radius 3 is 2.15 bits per heavy atom. The van der Waals surface area contributed by atoms with E-state index in [0.29, 0.717) is 17.6 Å². The van der Waals surface area contributed by atoms with Crippen molar-refractivity contribution in [2.45, 2.75) is 19.0 Å². The molecular formula is C30H17ClF7NOS. The van der Waals surface area contributed by atoms with Gasteiger partial charge in [-0.1, -0.05) is 23.7 Å². The second-order valence-corrected chi connectivity index (χ2v) is 10.4. The zero-order chi connectivity index (χ0) is 29.5. The van der Waals surface area contributed by atoms with E-state index in [9.17, 15) is 22.0 Å². The summed E-state index contributed by atoms with van der Waals surface area (Å²) in [5, 5.41) is -0.0472. The number of aryl methyl sites for hydroxylation is 1. The van der Waals surface area contributed by atoms with Crippen molar-refractivity contribution in [3.05, 3.63) is 119 Å². The summed E-state index contributed by atoms with van der Waals surface area (Å²) in [6.45, 7) is 3.69. The fourth-order valence-corrected chi connectivity index (χ4v) is 5.49.